The van der Waals surface area contributed by atoms with Crippen LogP contribution in [-0.2, 0) is 12.7 Å². The van der Waals surface area contributed by atoms with E-state index in [0.29, 0.717) is 42.5 Å². The Hall–Kier alpha value is -3.90. The number of benzene rings is 2. The van der Waals surface area contributed by atoms with Gasteiger partial charge in [0.2, 0.25) is 5.88 Å². The Kier molecular flexibility index (Phi) is 8.44. The Morgan fingerprint density at radius 2 is 1.69 bits per heavy atom. The van der Waals surface area contributed by atoms with Crippen molar-refractivity contribution < 1.29 is 22.7 Å². The second kappa shape index (κ2) is 11.5. The van der Waals surface area contributed by atoms with Crippen molar-refractivity contribution in [1.82, 2.24) is 14.9 Å². The van der Waals surface area contributed by atoms with E-state index in [1.165, 1.54) is 18.5 Å². The first-order chi connectivity index (χ1) is 16.7. The van der Waals surface area contributed by atoms with Gasteiger partial charge in [0.15, 0.2) is 0 Å². The van der Waals surface area contributed by atoms with Crippen LogP contribution in [0.25, 0.3) is 0 Å². The minimum Gasteiger partial charge on any atom is -0.439 e. The summed E-state index contributed by atoms with van der Waals surface area (Å²) in [6.45, 7) is 5.59. The summed E-state index contributed by atoms with van der Waals surface area (Å²) in [7, 11) is 0. The van der Waals surface area contributed by atoms with Crippen LogP contribution in [0.1, 0.15) is 25.0 Å². The molecule has 35 heavy (non-hydrogen) atoms. The molecule has 9 nitrogen and oxygen atoms in total. The molecule has 1 aromatic heterocycles. The van der Waals surface area contributed by atoms with Gasteiger partial charge in [0.05, 0.1) is 5.56 Å². The molecule has 0 aliphatic carbocycles. The highest BCUT2D eigenvalue weighted by Crippen LogP contribution is 2.32. The monoisotopic (exact) mass is 489 g/mol. The molecule has 0 atom stereocenters. The molecule has 12 heteroatoms. The Morgan fingerprint density at radius 3 is 2.31 bits per heavy atom. The van der Waals surface area contributed by atoms with Gasteiger partial charge in [-0.25, -0.2) is 20.6 Å². The van der Waals surface area contributed by atoms with Gasteiger partial charge < -0.3 is 20.8 Å². The maximum atomic E-state index is 13.4. The highest BCUT2D eigenvalue weighted by atomic mass is 19.4. The summed E-state index contributed by atoms with van der Waals surface area (Å²) in [5, 5.41) is 5.08. The zero-order valence-corrected chi connectivity index (χ0v) is 19.2. The minimum atomic E-state index is -4.54. The lowest BCUT2D eigenvalue weighted by atomic mass is 10.1. The number of nitrogens with two attached hydrogens (primary N) is 1. The van der Waals surface area contributed by atoms with E-state index in [1.54, 1.807) is 24.3 Å². The van der Waals surface area contributed by atoms with E-state index < -0.39 is 17.8 Å². The van der Waals surface area contributed by atoms with Crippen molar-refractivity contribution in [3.63, 3.8) is 0 Å². The normalized spacial score (nSPS) is 11.3. The molecule has 3 aromatic rings. The molecule has 2 amide bonds. The Balaban J connectivity index is 1.68. The number of amides is 2. The topological polar surface area (TPSA) is 117 Å². The van der Waals surface area contributed by atoms with Crippen molar-refractivity contribution in [2.45, 2.75) is 26.6 Å². The third-order valence-electron chi connectivity index (χ3n) is 5.00. The number of hydrogen-bond acceptors (Lipinski definition) is 7. The van der Waals surface area contributed by atoms with E-state index >= 15 is 0 Å². The number of ether oxygens (including phenoxy) is 1. The standard InChI is InChI=1S/C23H26F3N7O2/c1-3-33(4-2)13-15-9-16(23(24,25)26)11-18(10-15)31-22(34)30-17-5-7-19(8-6-17)35-21-12-20(32-27)28-14-29-21/h5-12,14H,3-4,13,27H2,1-2H3,(H,28,29,32)(H2,30,31,34). The summed E-state index contributed by atoms with van der Waals surface area (Å²) in [6, 6.07) is 10.7. The smallest absolute Gasteiger partial charge is 0.416 e. The van der Waals surface area contributed by atoms with E-state index in [2.05, 4.69) is 26.0 Å². The number of nitrogens with zero attached hydrogens (tertiary/aromatic N) is 3. The Labute approximate surface area is 200 Å². The fraction of sp³-hybridized carbons (Fsp3) is 0.261. The largest absolute Gasteiger partial charge is 0.439 e. The van der Waals surface area contributed by atoms with Crippen molar-refractivity contribution in [3.8, 4) is 11.6 Å². The third-order valence-corrected chi connectivity index (χ3v) is 5.00. The van der Waals surface area contributed by atoms with E-state index in [9.17, 15) is 18.0 Å². The van der Waals surface area contributed by atoms with Crippen molar-refractivity contribution in [1.29, 1.82) is 0 Å². The number of hydrogen-bond donors (Lipinski definition) is 4. The van der Waals surface area contributed by atoms with Crippen molar-refractivity contribution in [2.75, 3.05) is 29.1 Å². The van der Waals surface area contributed by atoms with Crippen LogP contribution in [0.2, 0.25) is 0 Å². The van der Waals surface area contributed by atoms with Gasteiger partial charge in [0.25, 0.3) is 0 Å². The molecule has 0 aliphatic heterocycles. The van der Waals surface area contributed by atoms with Crippen LogP contribution < -0.4 is 26.6 Å². The zero-order valence-electron chi connectivity index (χ0n) is 19.2. The Bertz CT molecular complexity index is 1140. The number of carbonyl (C=O) groups is 1. The molecule has 5 N–H and O–H groups in total. The maximum absolute atomic E-state index is 13.4. The second-order valence-electron chi connectivity index (χ2n) is 7.47. The van der Waals surface area contributed by atoms with Gasteiger partial charge in [-0.2, -0.15) is 13.2 Å². The zero-order chi connectivity index (χ0) is 25.4. The molecular formula is C23H26F3N7O2. The first kappa shape index (κ1) is 25.7. The van der Waals surface area contributed by atoms with Gasteiger partial charge in [-0.05, 0) is 61.1 Å². The quantitative estimate of drug-likeness (QED) is 0.245. The number of halogens is 3. The van der Waals surface area contributed by atoms with Gasteiger partial charge in [0.1, 0.15) is 17.9 Å². The molecule has 0 fully saturated rings. The fourth-order valence-corrected chi connectivity index (χ4v) is 3.22. The van der Waals surface area contributed by atoms with Crippen LogP contribution in [0.4, 0.5) is 35.2 Å². The van der Waals surface area contributed by atoms with Crippen LogP contribution in [0.3, 0.4) is 0 Å². The van der Waals surface area contributed by atoms with Gasteiger partial charge in [0, 0.05) is 24.0 Å². The van der Waals surface area contributed by atoms with E-state index in [4.69, 9.17) is 10.6 Å². The van der Waals surface area contributed by atoms with Crippen molar-refractivity contribution in [2.24, 2.45) is 5.84 Å². The van der Waals surface area contributed by atoms with Gasteiger partial charge >= 0.3 is 12.2 Å². The Morgan fingerprint density at radius 1 is 1.00 bits per heavy atom. The average molecular weight is 490 g/mol. The van der Waals surface area contributed by atoms with E-state index in [-0.39, 0.29) is 11.6 Å². The fourth-order valence-electron chi connectivity index (χ4n) is 3.22. The molecule has 3 rings (SSSR count). The first-order valence-corrected chi connectivity index (χ1v) is 10.8. The number of nitrogens with one attached hydrogen (secondary N) is 3. The molecule has 0 bridgehead atoms. The van der Waals surface area contributed by atoms with Gasteiger partial charge in [-0.15, -0.1) is 0 Å². The van der Waals surface area contributed by atoms with Crippen molar-refractivity contribution in [3.05, 3.63) is 66.0 Å². The van der Waals surface area contributed by atoms with Crippen LogP contribution in [0.5, 0.6) is 11.6 Å². The molecule has 0 unspecified atom stereocenters. The third kappa shape index (κ3) is 7.55. The predicted molar refractivity (Wildman–Crippen MR) is 127 cm³/mol. The second-order valence-corrected chi connectivity index (χ2v) is 7.47. The number of nitrogen functional groups attached to an aromatic ring is 1. The minimum absolute atomic E-state index is 0.0486. The lowest BCUT2D eigenvalue weighted by molar-refractivity contribution is -0.137. The van der Waals surface area contributed by atoms with E-state index in [1.807, 2.05) is 18.7 Å². The van der Waals surface area contributed by atoms with E-state index in [0.717, 1.165) is 12.1 Å². The molecule has 0 radical (unpaired) electrons. The summed E-state index contributed by atoms with van der Waals surface area (Å²) < 4.78 is 45.8. The first-order valence-electron chi connectivity index (χ1n) is 10.8. The number of anilines is 3. The highest BCUT2D eigenvalue weighted by Gasteiger charge is 2.31. The molecule has 2 aromatic carbocycles. The number of aromatic nitrogens is 2. The molecule has 0 saturated heterocycles. The van der Waals surface area contributed by atoms with Crippen LogP contribution >= 0.6 is 0 Å². The number of urea groups is 1. The van der Waals surface area contributed by atoms with Gasteiger partial charge in [-0.1, -0.05) is 13.8 Å². The van der Waals surface area contributed by atoms with Crippen LogP contribution in [0.15, 0.2) is 54.9 Å². The van der Waals surface area contributed by atoms with Crippen LogP contribution in [-0.4, -0.2) is 34.0 Å². The molecular weight excluding hydrogens is 463 g/mol. The lowest BCUT2D eigenvalue weighted by Crippen LogP contribution is -2.23. The maximum Gasteiger partial charge on any atom is 0.416 e. The average Bonchev–Trinajstić information content (AvgIpc) is 2.83. The summed E-state index contributed by atoms with van der Waals surface area (Å²) in [6.07, 6.45) is -3.25. The van der Waals surface area contributed by atoms with Crippen molar-refractivity contribution >= 4 is 23.2 Å². The molecule has 0 spiro atoms. The predicted octanol–water partition coefficient (Wildman–Crippen LogP) is 5.06. The number of hydrazine groups is 1. The number of carbonyl (C=O) groups excluding carboxylic acids is 1. The van der Waals surface area contributed by atoms with Gasteiger partial charge in [-0.3, -0.25) is 4.90 Å². The summed E-state index contributed by atoms with van der Waals surface area (Å²) in [5.41, 5.74) is 2.48. The highest BCUT2D eigenvalue weighted by molar-refractivity contribution is 5.99. The lowest BCUT2D eigenvalue weighted by Gasteiger charge is -2.20. The molecule has 1 heterocycles. The SMILES string of the molecule is CCN(CC)Cc1cc(NC(=O)Nc2ccc(Oc3cc(NN)ncn3)cc2)cc(C(F)(F)F)c1. The molecule has 0 aliphatic rings. The molecule has 186 valence electrons. The summed E-state index contributed by atoms with van der Waals surface area (Å²) in [5.74, 6) is 6.38. The molecule has 0 saturated carbocycles. The number of rotatable bonds is 9. The summed E-state index contributed by atoms with van der Waals surface area (Å²) >= 11 is 0. The summed E-state index contributed by atoms with van der Waals surface area (Å²) in [4.78, 5) is 22.3. The number of alkyl halides is 3. The van der Waals surface area contributed by atoms with Crippen LogP contribution in [0, 0.1) is 0 Å².